The maximum Gasteiger partial charge on any atom is 0.231 e. The molecule has 92 valence electrons. The summed E-state index contributed by atoms with van der Waals surface area (Å²) in [6.07, 6.45) is 0. The molecule has 0 radical (unpaired) electrons. The minimum Gasteiger partial charge on any atom is -0.454 e. The molecule has 1 aliphatic heterocycles. The number of amidine groups is 1. The molecule has 0 aliphatic carbocycles. The molecule has 6 nitrogen and oxygen atoms in total. The molecule has 0 aromatic heterocycles. The monoisotopic (exact) mass is 237 g/mol. The van der Waals surface area contributed by atoms with Gasteiger partial charge in [-0.05, 0) is 24.6 Å². The van der Waals surface area contributed by atoms with E-state index < -0.39 is 0 Å². The van der Waals surface area contributed by atoms with E-state index in [2.05, 4.69) is 10.5 Å². The Morgan fingerprint density at radius 3 is 3.06 bits per heavy atom. The summed E-state index contributed by atoms with van der Waals surface area (Å²) in [6, 6.07) is 5.53. The summed E-state index contributed by atoms with van der Waals surface area (Å²) < 4.78 is 10.5. The Bertz CT molecular complexity index is 434. The van der Waals surface area contributed by atoms with Crippen molar-refractivity contribution in [3.8, 4) is 11.5 Å². The molecular formula is C11H15N3O3. The van der Waals surface area contributed by atoms with Crippen molar-refractivity contribution in [1.82, 2.24) is 5.32 Å². The molecule has 17 heavy (non-hydrogen) atoms. The van der Waals surface area contributed by atoms with E-state index in [9.17, 15) is 0 Å². The Labute approximate surface area is 99.0 Å². The number of fused-ring (bicyclic) bond motifs is 1. The van der Waals surface area contributed by atoms with E-state index in [1.54, 1.807) is 0 Å². The third-order valence-corrected chi connectivity index (χ3v) is 2.61. The Balaban J connectivity index is 1.96. The Morgan fingerprint density at radius 2 is 2.29 bits per heavy atom. The van der Waals surface area contributed by atoms with E-state index in [1.807, 2.05) is 25.1 Å². The lowest BCUT2D eigenvalue weighted by Gasteiger charge is -2.12. The number of oxime groups is 1. The van der Waals surface area contributed by atoms with E-state index in [1.165, 1.54) is 0 Å². The van der Waals surface area contributed by atoms with Crippen LogP contribution in [0.3, 0.4) is 0 Å². The van der Waals surface area contributed by atoms with Gasteiger partial charge in [0, 0.05) is 6.54 Å². The highest BCUT2D eigenvalue weighted by molar-refractivity contribution is 5.84. The first-order chi connectivity index (χ1) is 8.20. The lowest BCUT2D eigenvalue weighted by atomic mass is 10.2. The predicted molar refractivity (Wildman–Crippen MR) is 62.3 cm³/mol. The van der Waals surface area contributed by atoms with Crippen LogP contribution in [0.4, 0.5) is 0 Å². The molecule has 6 heteroatoms. The van der Waals surface area contributed by atoms with Crippen molar-refractivity contribution in [3.63, 3.8) is 0 Å². The molecule has 1 aliphatic rings. The molecule has 2 rings (SSSR count). The second-order valence-electron chi connectivity index (χ2n) is 3.82. The zero-order valence-corrected chi connectivity index (χ0v) is 9.51. The number of rotatable bonds is 4. The summed E-state index contributed by atoms with van der Waals surface area (Å²) in [4.78, 5) is 0. The highest BCUT2D eigenvalue weighted by Gasteiger charge is 2.13. The van der Waals surface area contributed by atoms with Crippen LogP contribution in [0.2, 0.25) is 0 Å². The SMILES string of the molecule is CC(NCc1ccc2c(c1)OCO2)/C(N)=N/O. The van der Waals surface area contributed by atoms with Crippen LogP contribution in [0.1, 0.15) is 12.5 Å². The van der Waals surface area contributed by atoms with Crippen molar-refractivity contribution in [3.05, 3.63) is 23.8 Å². The van der Waals surface area contributed by atoms with Crippen LogP contribution in [0.25, 0.3) is 0 Å². The molecule has 4 N–H and O–H groups in total. The van der Waals surface area contributed by atoms with Crippen molar-refractivity contribution in [2.75, 3.05) is 6.79 Å². The molecule has 0 saturated heterocycles. The number of hydrogen-bond donors (Lipinski definition) is 3. The van der Waals surface area contributed by atoms with Gasteiger partial charge in [-0.3, -0.25) is 0 Å². The highest BCUT2D eigenvalue weighted by Crippen LogP contribution is 2.32. The fourth-order valence-electron chi connectivity index (χ4n) is 1.51. The summed E-state index contributed by atoms with van der Waals surface area (Å²) in [5.41, 5.74) is 6.51. The van der Waals surface area contributed by atoms with Gasteiger partial charge in [0.15, 0.2) is 17.3 Å². The number of ether oxygens (including phenoxy) is 2. The lowest BCUT2D eigenvalue weighted by Crippen LogP contribution is -2.38. The smallest absolute Gasteiger partial charge is 0.231 e. The van der Waals surface area contributed by atoms with Crippen LogP contribution in [-0.2, 0) is 6.54 Å². The molecule has 1 atom stereocenters. The average molecular weight is 237 g/mol. The Kier molecular flexibility index (Phi) is 3.34. The van der Waals surface area contributed by atoms with Crippen LogP contribution in [0.5, 0.6) is 11.5 Å². The Hall–Kier alpha value is -1.95. The third kappa shape index (κ3) is 2.59. The van der Waals surface area contributed by atoms with Crippen molar-refractivity contribution in [2.24, 2.45) is 10.9 Å². The fraction of sp³-hybridized carbons (Fsp3) is 0.364. The third-order valence-electron chi connectivity index (χ3n) is 2.61. The number of nitrogens with two attached hydrogens (primary N) is 1. The van der Waals surface area contributed by atoms with Crippen LogP contribution >= 0.6 is 0 Å². The minimum atomic E-state index is -0.189. The number of nitrogens with one attached hydrogen (secondary N) is 1. The maximum atomic E-state index is 8.52. The molecular weight excluding hydrogens is 222 g/mol. The van der Waals surface area contributed by atoms with Crippen molar-refractivity contribution >= 4 is 5.84 Å². The summed E-state index contributed by atoms with van der Waals surface area (Å²) in [7, 11) is 0. The number of nitrogens with zero attached hydrogens (tertiary/aromatic N) is 1. The van der Waals surface area contributed by atoms with Crippen LogP contribution in [0, 0.1) is 0 Å². The quantitative estimate of drug-likeness (QED) is 0.309. The number of hydrogen-bond acceptors (Lipinski definition) is 5. The van der Waals surface area contributed by atoms with E-state index >= 15 is 0 Å². The molecule has 1 unspecified atom stereocenters. The molecule has 0 fully saturated rings. The summed E-state index contributed by atoms with van der Waals surface area (Å²) in [5.74, 6) is 1.67. The van der Waals surface area contributed by atoms with Gasteiger partial charge in [0.25, 0.3) is 0 Å². The minimum absolute atomic E-state index is 0.158. The van der Waals surface area contributed by atoms with Crippen molar-refractivity contribution < 1.29 is 14.7 Å². The average Bonchev–Trinajstić information content (AvgIpc) is 2.82. The summed E-state index contributed by atoms with van der Waals surface area (Å²) in [6.45, 7) is 2.70. The summed E-state index contributed by atoms with van der Waals surface area (Å²) >= 11 is 0. The summed E-state index contributed by atoms with van der Waals surface area (Å²) in [5, 5.41) is 14.6. The van der Waals surface area contributed by atoms with Gasteiger partial charge >= 0.3 is 0 Å². The first-order valence-corrected chi connectivity index (χ1v) is 5.30. The van der Waals surface area contributed by atoms with E-state index in [4.69, 9.17) is 20.4 Å². The second-order valence-corrected chi connectivity index (χ2v) is 3.82. The first-order valence-electron chi connectivity index (χ1n) is 5.30. The van der Waals surface area contributed by atoms with Crippen LogP contribution in [0.15, 0.2) is 23.4 Å². The van der Waals surface area contributed by atoms with Gasteiger partial charge in [0.1, 0.15) is 0 Å². The second kappa shape index (κ2) is 4.92. The molecule has 0 saturated carbocycles. The normalized spacial score (nSPS) is 15.9. The molecule has 0 amide bonds. The van der Waals surface area contributed by atoms with Gasteiger partial charge in [0.05, 0.1) is 6.04 Å². The van der Waals surface area contributed by atoms with Crippen molar-refractivity contribution in [1.29, 1.82) is 0 Å². The predicted octanol–water partition coefficient (Wildman–Crippen LogP) is 0.640. The first kappa shape index (κ1) is 11.5. The standard InChI is InChI=1S/C11H15N3O3/c1-7(11(12)14-15)13-5-8-2-3-9-10(4-8)17-6-16-9/h2-4,7,13,15H,5-6H2,1H3,(H2,12,14). The van der Waals surface area contributed by atoms with Crippen LogP contribution in [-0.4, -0.2) is 23.9 Å². The zero-order valence-electron chi connectivity index (χ0n) is 9.51. The fourth-order valence-corrected chi connectivity index (χ4v) is 1.51. The van der Waals surface area contributed by atoms with Gasteiger partial charge in [-0.2, -0.15) is 0 Å². The molecule has 1 aromatic carbocycles. The van der Waals surface area contributed by atoms with Gasteiger partial charge < -0.3 is 25.7 Å². The van der Waals surface area contributed by atoms with Gasteiger partial charge in [-0.15, -0.1) is 0 Å². The Morgan fingerprint density at radius 1 is 1.53 bits per heavy atom. The molecule has 1 aromatic rings. The van der Waals surface area contributed by atoms with E-state index in [-0.39, 0.29) is 18.7 Å². The topological polar surface area (TPSA) is 89.1 Å². The number of benzene rings is 1. The maximum absolute atomic E-state index is 8.52. The van der Waals surface area contributed by atoms with Gasteiger partial charge in [0.2, 0.25) is 6.79 Å². The molecule has 0 bridgehead atoms. The van der Waals surface area contributed by atoms with E-state index in [0.717, 1.165) is 17.1 Å². The molecule has 1 heterocycles. The lowest BCUT2D eigenvalue weighted by molar-refractivity contribution is 0.174. The highest BCUT2D eigenvalue weighted by atomic mass is 16.7. The van der Waals surface area contributed by atoms with Gasteiger partial charge in [-0.25, -0.2) is 0 Å². The van der Waals surface area contributed by atoms with Crippen molar-refractivity contribution in [2.45, 2.75) is 19.5 Å². The zero-order chi connectivity index (χ0) is 12.3. The van der Waals surface area contributed by atoms with E-state index in [0.29, 0.717) is 6.54 Å². The largest absolute Gasteiger partial charge is 0.454 e. The van der Waals surface area contributed by atoms with Crippen LogP contribution < -0.4 is 20.5 Å². The molecule has 0 spiro atoms. The van der Waals surface area contributed by atoms with Gasteiger partial charge in [-0.1, -0.05) is 11.2 Å².